The summed E-state index contributed by atoms with van der Waals surface area (Å²) in [7, 11) is -3.94. The maximum atomic E-state index is 12.7. The van der Waals surface area contributed by atoms with Crippen LogP contribution in [0.15, 0.2) is 59.6 Å². The maximum absolute atomic E-state index is 12.7. The maximum Gasteiger partial charge on any atom is 0.244 e. The number of hydrogen-bond donors (Lipinski definition) is 3. The highest BCUT2D eigenvalue weighted by Crippen LogP contribution is 2.28. The molecule has 8 nitrogen and oxygen atoms in total. The average Bonchev–Trinajstić information content (AvgIpc) is 2.77. The smallest absolute Gasteiger partial charge is 0.244 e. The molecule has 0 atom stereocenters. The number of aldehydes is 1. The first kappa shape index (κ1) is 24.6. The number of carbonyl (C=O) groups is 1. The number of nitrogens with zero attached hydrogens (tertiary/aromatic N) is 1. The van der Waals surface area contributed by atoms with Crippen LogP contribution in [0.3, 0.4) is 0 Å². The SMILES string of the molecule is CC(C)NC(=S)Nc1ccc(S(=O)(=O)NCC=O)c(OCCc2cccc3ncccc23)c1. The molecule has 1 heterocycles. The van der Waals surface area contributed by atoms with Gasteiger partial charge in [0.2, 0.25) is 10.0 Å². The van der Waals surface area contributed by atoms with Gasteiger partial charge >= 0.3 is 0 Å². The van der Waals surface area contributed by atoms with Crippen LogP contribution < -0.4 is 20.1 Å². The lowest BCUT2D eigenvalue weighted by molar-refractivity contribution is -0.106. The molecule has 174 valence electrons. The van der Waals surface area contributed by atoms with Crippen molar-refractivity contribution in [3.05, 3.63) is 60.3 Å². The molecule has 0 aliphatic heterocycles. The second-order valence-corrected chi connectivity index (χ2v) is 9.66. The van der Waals surface area contributed by atoms with Crippen LogP contribution in [-0.2, 0) is 21.2 Å². The number of thiocarbonyl (C=S) groups is 1. The second-order valence-electron chi connectivity index (χ2n) is 7.52. The number of fused-ring (bicyclic) bond motifs is 1. The van der Waals surface area contributed by atoms with Crippen LogP contribution in [0.2, 0.25) is 0 Å². The van der Waals surface area contributed by atoms with E-state index in [0.717, 1.165) is 16.5 Å². The van der Waals surface area contributed by atoms with Gasteiger partial charge in [0.05, 0.1) is 18.7 Å². The predicted molar refractivity (Wildman–Crippen MR) is 133 cm³/mol. The molecule has 0 bridgehead atoms. The topological polar surface area (TPSA) is 109 Å². The minimum absolute atomic E-state index is 0.0581. The summed E-state index contributed by atoms with van der Waals surface area (Å²) in [5.74, 6) is 0.157. The number of anilines is 1. The fourth-order valence-corrected chi connectivity index (χ4v) is 4.65. The van der Waals surface area contributed by atoms with Gasteiger partial charge in [-0.1, -0.05) is 18.2 Å². The molecule has 0 fully saturated rings. The molecule has 3 rings (SSSR count). The quantitative estimate of drug-likeness (QED) is 0.296. The molecule has 33 heavy (non-hydrogen) atoms. The van der Waals surface area contributed by atoms with Gasteiger partial charge in [0.15, 0.2) is 5.11 Å². The van der Waals surface area contributed by atoms with Crippen molar-refractivity contribution in [2.24, 2.45) is 0 Å². The van der Waals surface area contributed by atoms with Gasteiger partial charge in [-0.25, -0.2) is 13.1 Å². The van der Waals surface area contributed by atoms with Gasteiger partial charge in [-0.15, -0.1) is 0 Å². The number of aromatic nitrogens is 1. The highest BCUT2D eigenvalue weighted by atomic mass is 32.2. The molecular formula is C23H26N4O4S2. The standard InChI is InChI=1S/C23H26N4O4S2/c1-16(2)26-23(32)27-18-8-9-22(33(29,30)25-12-13-28)21(15-18)31-14-10-17-5-3-7-20-19(17)6-4-11-24-20/h3-9,11,13,15-16,25H,10,12,14H2,1-2H3,(H2,26,27,32). The molecule has 2 aromatic carbocycles. The third kappa shape index (κ3) is 6.70. The van der Waals surface area contributed by atoms with Gasteiger partial charge in [0.1, 0.15) is 16.9 Å². The van der Waals surface area contributed by atoms with E-state index in [4.69, 9.17) is 17.0 Å². The van der Waals surface area contributed by atoms with Crippen LogP contribution in [0, 0.1) is 0 Å². The Hall–Kier alpha value is -3.08. The van der Waals surface area contributed by atoms with Gasteiger partial charge < -0.3 is 20.2 Å². The number of sulfonamides is 1. The summed E-state index contributed by atoms with van der Waals surface area (Å²) >= 11 is 5.28. The fourth-order valence-electron chi connectivity index (χ4n) is 3.23. The molecule has 0 spiro atoms. The number of carbonyl (C=O) groups excluding carboxylic acids is 1. The Bertz CT molecular complexity index is 1240. The molecule has 3 N–H and O–H groups in total. The molecule has 0 amide bonds. The summed E-state index contributed by atoms with van der Waals surface area (Å²) in [4.78, 5) is 15.0. The van der Waals surface area contributed by atoms with Crippen LogP contribution in [0.25, 0.3) is 10.9 Å². The Balaban J connectivity index is 1.83. The van der Waals surface area contributed by atoms with Gasteiger partial charge in [-0.2, -0.15) is 0 Å². The number of benzene rings is 2. The van der Waals surface area contributed by atoms with Crippen molar-refractivity contribution < 1.29 is 17.9 Å². The van der Waals surface area contributed by atoms with E-state index in [1.807, 2.05) is 44.2 Å². The molecule has 0 aliphatic carbocycles. The van der Waals surface area contributed by atoms with E-state index in [1.54, 1.807) is 18.3 Å². The normalized spacial score (nSPS) is 11.4. The highest BCUT2D eigenvalue weighted by molar-refractivity contribution is 7.89. The Morgan fingerprint density at radius 1 is 1.18 bits per heavy atom. The van der Waals surface area contributed by atoms with E-state index < -0.39 is 10.0 Å². The van der Waals surface area contributed by atoms with Crippen LogP contribution >= 0.6 is 12.2 Å². The Morgan fingerprint density at radius 2 is 2.00 bits per heavy atom. The molecule has 1 aromatic heterocycles. The van der Waals surface area contributed by atoms with Crippen molar-refractivity contribution in [3.8, 4) is 5.75 Å². The molecule has 10 heteroatoms. The minimum Gasteiger partial charge on any atom is -0.492 e. The lowest BCUT2D eigenvalue weighted by Gasteiger charge is -2.16. The lowest BCUT2D eigenvalue weighted by atomic mass is 10.1. The monoisotopic (exact) mass is 486 g/mol. The zero-order chi connectivity index (χ0) is 23.8. The molecule has 0 radical (unpaired) electrons. The Morgan fingerprint density at radius 3 is 2.76 bits per heavy atom. The molecule has 0 saturated carbocycles. The van der Waals surface area contributed by atoms with E-state index in [9.17, 15) is 13.2 Å². The molecule has 0 aliphatic rings. The fraction of sp³-hybridized carbons (Fsp3) is 0.261. The summed E-state index contributed by atoms with van der Waals surface area (Å²) in [5.41, 5.74) is 2.50. The number of rotatable bonds is 10. The van der Waals surface area contributed by atoms with Crippen LogP contribution in [0.1, 0.15) is 19.4 Å². The van der Waals surface area contributed by atoms with Crippen molar-refractivity contribution >= 4 is 50.2 Å². The van der Waals surface area contributed by atoms with Gasteiger partial charge in [-0.05, 0) is 55.9 Å². The molecule has 3 aromatic rings. The van der Waals surface area contributed by atoms with Crippen molar-refractivity contribution in [1.82, 2.24) is 15.0 Å². The van der Waals surface area contributed by atoms with E-state index >= 15 is 0 Å². The van der Waals surface area contributed by atoms with Gasteiger partial charge in [-0.3, -0.25) is 4.98 Å². The zero-order valence-corrected chi connectivity index (χ0v) is 20.0. The van der Waals surface area contributed by atoms with Crippen LogP contribution in [0.4, 0.5) is 5.69 Å². The lowest BCUT2D eigenvalue weighted by Crippen LogP contribution is -2.33. The van der Waals surface area contributed by atoms with Crippen molar-refractivity contribution in [2.75, 3.05) is 18.5 Å². The number of pyridine rings is 1. The average molecular weight is 487 g/mol. The number of hydrogen-bond acceptors (Lipinski definition) is 6. The van der Waals surface area contributed by atoms with E-state index in [0.29, 0.717) is 23.5 Å². The third-order valence-electron chi connectivity index (χ3n) is 4.63. The zero-order valence-electron chi connectivity index (χ0n) is 18.4. The molecule has 0 saturated heterocycles. The van der Waals surface area contributed by atoms with Crippen molar-refractivity contribution in [3.63, 3.8) is 0 Å². The summed E-state index contributed by atoms with van der Waals surface area (Å²) < 4.78 is 33.5. The molecule has 0 unspecified atom stereocenters. The highest BCUT2D eigenvalue weighted by Gasteiger charge is 2.20. The van der Waals surface area contributed by atoms with Crippen LogP contribution in [0.5, 0.6) is 5.75 Å². The van der Waals surface area contributed by atoms with E-state index in [-0.39, 0.29) is 29.8 Å². The van der Waals surface area contributed by atoms with Crippen molar-refractivity contribution in [1.29, 1.82) is 0 Å². The summed E-state index contributed by atoms with van der Waals surface area (Å²) in [6.07, 6.45) is 2.77. The van der Waals surface area contributed by atoms with Crippen molar-refractivity contribution in [2.45, 2.75) is 31.2 Å². The largest absolute Gasteiger partial charge is 0.492 e. The first-order valence-corrected chi connectivity index (χ1v) is 12.3. The van der Waals surface area contributed by atoms with Gasteiger partial charge in [0.25, 0.3) is 0 Å². The Kier molecular flexibility index (Phi) is 8.32. The summed E-state index contributed by atoms with van der Waals surface area (Å²) in [5, 5.41) is 7.53. The van der Waals surface area contributed by atoms with Gasteiger partial charge in [0, 0.05) is 35.8 Å². The molecular weight excluding hydrogens is 460 g/mol. The minimum atomic E-state index is -3.94. The van der Waals surface area contributed by atoms with E-state index in [2.05, 4.69) is 20.3 Å². The number of ether oxygens (including phenoxy) is 1. The summed E-state index contributed by atoms with van der Waals surface area (Å²) in [6, 6.07) is 14.5. The third-order valence-corrected chi connectivity index (χ3v) is 6.32. The second kappa shape index (κ2) is 11.2. The first-order valence-electron chi connectivity index (χ1n) is 10.4. The summed E-state index contributed by atoms with van der Waals surface area (Å²) in [6.45, 7) is 3.83. The van der Waals surface area contributed by atoms with E-state index in [1.165, 1.54) is 6.07 Å². The Labute approximate surface area is 198 Å². The predicted octanol–water partition coefficient (Wildman–Crippen LogP) is 3.03. The number of nitrogens with one attached hydrogen (secondary N) is 3. The van der Waals surface area contributed by atoms with Crippen LogP contribution in [-0.4, -0.2) is 44.0 Å². The first-order chi connectivity index (χ1) is 15.8.